The lowest BCUT2D eigenvalue weighted by atomic mass is 9.43. The van der Waals surface area contributed by atoms with E-state index in [0.29, 0.717) is 160 Å². The maximum atomic E-state index is 13.9. The first-order valence-electron chi connectivity index (χ1n) is 35.5. The molecule has 11 atom stereocenters. The van der Waals surface area contributed by atoms with Crippen molar-refractivity contribution in [3.05, 3.63) is 0 Å². The lowest BCUT2D eigenvalue weighted by Gasteiger charge is -2.65. The number of nitrogens with one attached hydrogen (secondary N) is 5. The van der Waals surface area contributed by atoms with Crippen LogP contribution in [0.15, 0.2) is 0 Å². The van der Waals surface area contributed by atoms with E-state index in [1.807, 2.05) is 4.90 Å². The van der Waals surface area contributed by atoms with Crippen molar-refractivity contribution in [3.63, 3.8) is 0 Å². The second-order valence-corrected chi connectivity index (χ2v) is 27.5. The van der Waals surface area contributed by atoms with Crippen LogP contribution in [0.5, 0.6) is 0 Å². The van der Waals surface area contributed by atoms with E-state index in [2.05, 4.69) is 54.3 Å². The predicted octanol–water partition coefficient (Wildman–Crippen LogP) is 5.57. The van der Waals surface area contributed by atoms with Gasteiger partial charge in [0.05, 0.1) is 104 Å². The fourth-order valence-electron chi connectivity index (χ4n) is 16.0. The average Bonchev–Trinajstić information content (AvgIpc) is 1.68. The van der Waals surface area contributed by atoms with Crippen molar-refractivity contribution in [2.45, 2.75) is 182 Å². The number of unbranched alkanes of at least 4 members (excludes halogenated alkanes) is 5. The van der Waals surface area contributed by atoms with Gasteiger partial charge in [-0.1, -0.05) is 59.8 Å². The quantitative estimate of drug-likeness (QED) is 0.0366. The van der Waals surface area contributed by atoms with Crippen molar-refractivity contribution < 1.29 is 76.9 Å². The minimum Gasteiger partial charge on any atom is -0.480 e. The lowest BCUT2D eigenvalue weighted by molar-refractivity contribution is -0.227. The number of nitrogens with zero attached hydrogens (tertiary/aromatic N) is 4. The highest BCUT2D eigenvalue weighted by atomic mass is 16.6. The van der Waals surface area contributed by atoms with Crippen molar-refractivity contribution in [2.24, 2.45) is 46.3 Å². The number of amides is 6. The van der Waals surface area contributed by atoms with Gasteiger partial charge in [0.25, 0.3) is 0 Å². The van der Waals surface area contributed by atoms with Crippen molar-refractivity contribution in [1.82, 2.24) is 46.2 Å². The topological polar surface area (TPSA) is 298 Å². The van der Waals surface area contributed by atoms with Crippen LogP contribution in [-0.4, -0.2) is 254 Å². The zero-order chi connectivity index (χ0) is 67.4. The van der Waals surface area contributed by atoms with Gasteiger partial charge in [0.1, 0.15) is 0 Å². The summed E-state index contributed by atoms with van der Waals surface area (Å²) < 4.78 is 43.6. The first-order chi connectivity index (χ1) is 44.7. The van der Waals surface area contributed by atoms with Crippen LogP contribution in [0.4, 0.5) is 4.79 Å². The minimum atomic E-state index is -1.03. The van der Waals surface area contributed by atoms with Crippen LogP contribution in [0, 0.1) is 46.3 Å². The molecule has 0 aromatic carbocycles. The Morgan fingerprint density at radius 1 is 0.538 bits per heavy atom. The lowest BCUT2D eigenvalue weighted by Crippen LogP contribution is -2.63. The first-order valence-corrected chi connectivity index (χ1v) is 35.5. The third kappa shape index (κ3) is 28.4. The number of ether oxygens (including phenoxy) is 7. The van der Waals surface area contributed by atoms with E-state index >= 15 is 0 Å². The molecule has 4 saturated carbocycles. The molecule has 0 radical (unpaired) electrons. The van der Waals surface area contributed by atoms with Crippen LogP contribution >= 0.6 is 0 Å². The molecular weight excluding hydrogens is 1200 g/mol. The van der Waals surface area contributed by atoms with Gasteiger partial charge in [0.2, 0.25) is 23.6 Å². The minimum absolute atomic E-state index is 0.0211. The van der Waals surface area contributed by atoms with Crippen LogP contribution < -0.4 is 26.6 Å². The molecule has 0 bridgehead atoms. The second-order valence-electron chi connectivity index (χ2n) is 27.5. The van der Waals surface area contributed by atoms with Gasteiger partial charge in [-0.05, 0) is 124 Å². The van der Waals surface area contributed by atoms with Crippen LogP contribution in [-0.2, 0) is 61.9 Å². The number of carboxylic acid groups (broad SMARTS) is 2. The Kier molecular flexibility index (Phi) is 37.4. The van der Waals surface area contributed by atoms with Gasteiger partial charge in [-0.25, -0.2) is 4.79 Å². The SMILES string of the molecule is CCCCCCCCN(CCC[C@@H](C)C1CC[C@H]2C3[C@H](OCCCNC(C)=O)CC4C[C@H](OCCCNC(C)=O)CCC4(C)[C@H]3C[C@H](OCCCNC(C)=O)C12C)C(=O)NCCOCCOCCOCCOCCNC(=O)CN1CCN(CC(=O)O)CN(CC(=O)O)C1. The summed E-state index contributed by atoms with van der Waals surface area (Å²) in [4.78, 5) is 91.4. The van der Waals surface area contributed by atoms with Gasteiger partial charge in [0, 0.05) is 105 Å². The Bertz CT molecular complexity index is 2210. The Morgan fingerprint density at radius 3 is 1.66 bits per heavy atom. The van der Waals surface area contributed by atoms with E-state index < -0.39 is 11.9 Å². The number of carboxylic acids is 2. The molecule has 1 heterocycles. The Hall–Kier alpha value is -4.31. The van der Waals surface area contributed by atoms with Crippen LogP contribution in [0.3, 0.4) is 0 Å². The molecular formula is C68H123N9O16. The summed E-state index contributed by atoms with van der Waals surface area (Å²) in [5.74, 6) is 0.0801. The zero-order valence-electron chi connectivity index (χ0n) is 58.0. The number of carbonyl (C=O) groups excluding carboxylic acids is 5. The van der Waals surface area contributed by atoms with E-state index in [1.165, 1.54) is 25.7 Å². The van der Waals surface area contributed by atoms with Gasteiger partial charge in [-0.15, -0.1) is 0 Å². The molecule has 5 rings (SSSR count). The number of hydrogen-bond acceptors (Lipinski definition) is 17. The maximum absolute atomic E-state index is 13.9. The fraction of sp³-hybridized carbons (Fsp3) is 0.897. The van der Waals surface area contributed by atoms with E-state index in [4.69, 9.17) is 33.2 Å². The Labute approximate surface area is 555 Å². The molecule has 0 aromatic rings. The van der Waals surface area contributed by atoms with Gasteiger partial charge in [0.15, 0.2) is 0 Å². The number of aliphatic carboxylic acids is 2. The van der Waals surface area contributed by atoms with Crippen molar-refractivity contribution >= 4 is 41.6 Å². The van der Waals surface area contributed by atoms with Crippen LogP contribution in [0.2, 0.25) is 0 Å². The Balaban J connectivity index is 1.06. The molecule has 536 valence electrons. The third-order valence-electron chi connectivity index (χ3n) is 20.5. The number of fused-ring (bicyclic) bond motifs is 5. The highest BCUT2D eigenvalue weighted by molar-refractivity contribution is 5.78. The highest BCUT2D eigenvalue weighted by Crippen LogP contribution is 2.69. The zero-order valence-corrected chi connectivity index (χ0v) is 58.0. The number of carbonyl (C=O) groups is 7. The standard InChI is InChI=1S/C68H123N9O16/c1-8-9-10-11-12-13-28-77(66(86)73-27-36-88-38-40-90-42-41-89-39-37-87-35-26-72-62(81)46-74-30-31-75(47-63(82)83)50-76(49-74)48-64(84)85)29-14-18-51(2)57-19-20-58-65-59(45-61(68(57,58)7)93-34-17-25-71-54(5)80)67(6)22-21-56(91-32-15-23-69-52(3)78)43-55(67)44-60(65)92-33-16-24-70-53(4)79/h51,55-61,65H,8-50H2,1-7H3,(H,69,78)(H,70,79)(H,71,80)(H,72,81)(H,73,86)(H,82,83)(H,84,85)/t51-,55?,56-,57?,58+,59+,60-,61+,65?,67?,68?/m1/s1. The molecule has 1 saturated heterocycles. The fourth-order valence-corrected chi connectivity index (χ4v) is 16.0. The number of urea groups is 1. The maximum Gasteiger partial charge on any atom is 0.317 e. The first kappa shape index (κ1) is 79.4. The summed E-state index contributed by atoms with van der Waals surface area (Å²) in [6.07, 6.45) is 18.6. The summed E-state index contributed by atoms with van der Waals surface area (Å²) in [5.41, 5.74) is -0.00688. The Morgan fingerprint density at radius 2 is 1.06 bits per heavy atom. The third-order valence-corrected chi connectivity index (χ3v) is 20.5. The smallest absolute Gasteiger partial charge is 0.317 e. The molecule has 4 aliphatic carbocycles. The summed E-state index contributed by atoms with van der Waals surface area (Å²) in [6.45, 7) is 23.8. The molecule has 0 aromatic heterocycles. The van der Waals surface area contributed by atoms with E-state index in [0.717, 1.165) is 89.9 Å². The van der Waals surface area contributed by atoms with Gasteiger partial charge in [-0.3, -0.25) is 43.5 Å². The van der Waals surface area contributed by atoms with Crippen molar-refractivity contribution in [2.75, 3.05) is 165 Å². The summed E-state index contributed by atoms with van der Waals surface area (Å²) in [7, 11) is 0. The second kappa shape index (κ2) is 43.8. The molecule has 0 spiro atoms. The monoisotopic (exact) mass is 1320 g/mol. The molecule has 25 heteroatoms. The molecule has 7 N–H and O–H groups in total. The van der Waals surface area contributed by atoms with Crippen molar-refractivity contribution in [1.29, 1.82) is 0 Å². The van der Waals surface area contributed by atoms with E-state index in [1.54, 1.807) is 35.5 Å². The van der Waals surface area contributed by atoms with Gasteiger partial charge < -0.3 is 74.9 Å². The molecule has 5 aliphatic rings. The van der Waals surface area contributed by atoms with Gasteiger partial charge in [-0.2, -0.15) is 0 Å². The highest BCUT2D eigenvalue weighted by Gasteiger charge is 2.66. The average molecular weight is 1320 g/mol. The molecule has 93 heavy (non-hydrogen) atoms. The largest absolute Gasteiger partial charge is 0.480 e. The molecule has 5 fully saturated rings. The van der Waals surface area contributed by atoms with Gasteiger partial charge >= 0.3 is 18.0 Å². The van der Waals surface area contributed by atoms with Crippen LogP contribution in [0.1, 0.15) is 164 Å². The predicted molar refractivity (Wildman–Crippen MR) is 353 cm³/mol. The summed E-state index contributed by atoms with van der Waals surface area (Å²) in [5, 5.41) is 33.3. The number of hydrogen-bond donors (Lipinski definition) is 7. The molecule has 5 unspecified atom stereocenters. The summed E-state index contributed by atoms with van der Waals surface area (Å²) in [6, 6.07) is -0.0553. The molecule has 25 nitrogen and oxygen atoms in total. The molecule has 6 amide bonds. The van der Waals surface area contributed by atoms with E-state index in [9.17, 15) is 43.8 Å². The molecule has 1 aliphatic heterocycles. The van der Waals surface area contributed by atoms with Crippen LogP contribution in [0.25, 0.3) is 0 Å². The van der Waals surface area contributed by atoms with E-state index in [-0.39, 0.29) is 98.4 Å². The van der Waals surface area contributed by atoms with Crippen molar-refractivity contribution in [3.8, 4) is 0 Å². The summed E-state index contributed by atoms with van der Waals surface area (Å²) >= 11 is 0. The number of rotatable bonds is 48. The normalized spacial score (nSPS) is 26.0.